The molecule has 0 saturated carbocycles. The van der Waals surface area contributed by atoms with Crippen LogP contribution < -0.4 is 10.6 Å². The normalized spacial score (nSPS) is 17.1. The van der Waals surface area contributed by atoms with E-state index in [4.69, 9.17) is 4.99 Å². The number of rotatable bonds is 10. The lowest BCUT2D eigenvalue weighted by Gasteiger charge is -2.16. The molecule has 2 N–H and O–H groups in total. The molecule has 29 heavy (non-hydrogen) atoms. The van der Waals surface area contributed by atoms with Gasteiger partial charge >= 0.3 is 0 Å². The number of aromatic nitrogens is 2. The van der Waals surface area contributed by atoms with E-state index in [2.05, 4.69) is 57.9 Å². The minimum Gasteiger partial charge on any atom is -0.357 e. The van der Waals surface area contributed by atoms with Crippen LogP contribution in [-0.2, 0) is 13.0 Å². The quantitative estimate of drug-likeness (QED) is 0.223. The van der Waals surface area contributed by atoms with E-state index in [0.717, 1.165) is 58.1 Å². The second kappa shape index (κ2) is 13.6. The SMILES string of the molecule is CCNC(=NCC1CCN(CCc2ccccc2)C1)NCCCn1cccn1.I. The lowest BCUT2D eigenvalue weighted by molar-refractivity contribution is 0.329. The van der Waals surface area contributed by atoms with Crippen LogP contribution in [0.4, 0.5) is 0 Å². The topological polar surface area (TPSA) is 57.5 Å². The molecule has 6 nitrogen and oxygen atoms in total. The molecule has 1 unspecified atom stereocenters. The highest BCUT2D eigenvalue weighted by atomic mass is 127. The summed E-state index contributed by atoms with van der Waals surface area (Å²) in [7, 11) is 0. The van der Waals surface area contributed by atoms with E-state index in [9.17, 15) is 0 Å². The van der Waals surface area contributed by atoms with Crippen LogP contribution in [0, 0.1) is 5.92 Å². The Morgan fingerprint density at radius 1 is 1.17 bits per heavy atom. The molecule has 7 heteroatoms. The number of aryl methyl sites for hydroxylation is 1. The molecule has 1 aromatic carbocycles. The van der Waals surface area contributed by atoms with Gasteiger partial charge in [0.25, 0.3) is 0 Å². The van der Waals surface area contributed by atoms with Gasteiger partial charge < -0.3 is 15.5 Å². The predicted molar refractivity (Wildman–Crippen MR) is 131 cm³/mol. The first-order valence-electron chi connectivity index (χ1n) is 10.6. The Labute approximate surface area is 192 Å². The maximum absolute atomic E-state index is 4.83. The van der Waals surface area contributed by atoms with Gasteiger partial charge in [0, 0.05) is 51.7 Å². The summed E-state index contributed by atoms with van der Waals surface area (Å²) in [5.74, 6) is 1.60. The van der Waals surface area contributed by atoms with Crippen LogP contribution in [-0.4, -0.2) is 59.9 Å². The largest absolute Gasteiger partial charge is 0.357 e. The average Bonchev–Trinajstić information content (AvgIpc) is 3.40. The number of nitrogens with one attached hydrogen (secondary N) is 2. The van der Waals surface area contributed by atoms with Gasteiger partial charge in [-0.3, -0.25) is 9.67 Å². The van der Waals surface area contributed by atoms with Gasteiger partial charge in [-0.2, -0.15) is 5.10 Å². The summed E-state index contributed by atoms with van der Waals surface area (Å²) < 4.78 is 1.97. The van der Waals surface area contributed by atoms with Gasteiger partial charge in [-0.1, -0.05) is 30.3 Å². The first kappa shape index (κ1) is 23.7. The molecule has 1 fully saturated rings. The summed E-state index contributed by atoms with van der Waals surface area (Å²) in [6.45, 7) is 9.24. The van der Waals surface area contributed by atoms with Crippen molar-refractivity contribution in [1.82, 2.24) is 25.3 Å². The van der Waals surface area contributed by atoms with Gasteiger partial charge in [-0.05, 0) is 50.3 Å². The minimum atomic E-state index is 0. The van der Waals surface area contributed by atoms with Crippen LogP contribution in [0.2, 0.25) is 0 Å². The van der Waals surface area contributed by atoms with Crippen molar-refractivity contribution in [3.63, 3.8) is 0 Å². The van der Waals surface area contributed by atoms with Crippen LogP contribution in [0.15, 0.2) is 53.8 Å². The van der Waals surface area contributed by atoms with Crippen molar-refractivity contribution in [2.75, 3.05) is 39.3 Å². The van der Waals surface area contributed by atoms with Crippen molar-refractivity contribution in [3.05, 3.63) is 54.4 Å². The number of nitrogens with zero attached hydrogens (tertiary/aromatic N) is 4. The third-order valence-corrected chi connectivity index (χ3v) is 5.20. The lowest BCUT2D eigenvalue weighted by atomic mass is 10.1. The van der Waals surface area contributed by atoms with E-state index in [-0.39, 0.29) is 24.0 Å². The van der Waals surface area contributed by atoms with E-state index in [1.165, 1.54) is 18.5 Å². The Bertz CT molecular complexity index is 689. The Kier molecular flexibility index (Phi) is 11.1. The molecule has 1 aromatic heterocycles. The number of likely N-dealkylation sites (tertiary alicyclic amines) is 1. The van der Waals surface area contributed by atoms with E-state index >= 15 is 0 Å². The Hall–Kier alpha value is -1.61. The number of aliphatic imine (C=N–C) groups is 1. The number of benzene rings is 1. The summed E-state index contributed by atoms with van der Waals surface area (Å²) in [4.78, 5) is 7.41. The number of halogens is 1. The van der Waals surface area contributed by atoms with Crippen molar-refractivity contribution in [1.29, 1.82) is 0 Å². The van der Waals surface area contributed by atoms with Crippen molar-refractivity contribution < 1.29 is 0 Å². The van der Waals surface area contributed by atoms with E-state index in [1.54, 1.807) is 0 Å². The smallest absolute Gasteiger partial charge is 0.191 e. The molecule has 0 amide bonds. The van der Waals surface area contributed by atoms with Crippen molar-refractivity contribution in [3.8, 4) is 0 Å². The van der Waals surface area contributed by atoms with Crippen molar-refractivity contribution in [2.24, 2.45) is 10.9 Å². The van der Waals surface area contributed by atoms with Crippen LogP contribution >= 0.6 is 24.0 Å². The van der Waals surface area contributed by atoms with E-state index in [1.807, 2.05) is 23.1 Å². The van der Waals surface area contributed by atoms with E-state index in [0.29, 0.717) is 5.92 Å². The highest BCUT2D eigenvalue weighted by molar-refractivity contribution is 14.0. The molecule has 2 heterocycles. The fourth-order valence-corrected chi connectivity index (χ4v) is 3.64. The zero-order valence-corrected chi connectivity index (χ0v) is 19.8. The van der Waals surface area contributed by atoms with Gasteiger partial charge in [-0.25, -0.2) is 0 Å². The summed E-state index contributed by atoms with van der Waals surface area (Å²) in [5.41, 5.74) is 1.43. The zero-order valence-electron chi connectivity index (χ0n) is 17.5. The summed E-state index contributed by atoms with van der Waals surface area (Å²) in [5, 5.41) is 11.0. The molecule has 0 aliphatic carbocycles. The summed E-state index contributed by atoms with van der Waals surface area (Å²) in [6.07, 6.45) is 7.24. The van der Waals surface area contributed by atoms with Gasteiger partial charge in [0.2, 0.25) is 0 Å². The molecule has 3 rings (SSSR count). The highest BCUT2D eigenvalue weighted by Crippen LogP contribution is 2.17. The molecule has 1 saturated heterocycles. The third-order valence-electron chi connectivity index (χ3n) is 5.20. The van der Waals surface area contributed by atoms with Crippen LogP contribution in [0.25, 0.3) is 0 Å². The van der Waals surface area contributed by atoms with Crippen molar-refractivity contribution >= 4 is 29.9 Å². The molecule has 160 valence electrons. The summed E-state index contributed by atoms with van der Waals surface area (Å²) >= 11 is 0. The van der Waals surface area contributed by atoms with Gasteiger partial charge in [0.15, 0.2) is 5.96 Å². The molecule has 2 aromatic rings. The summed E-state index contributed by atoms with van der Waals surface area (Å²) in [6, 6.07) is 12.7. The fraction of sp³-hybridized carbons (Fsp3) is 0.545. The lowest BCUT2D eigenvalue weighted by Crippen LogP contribution is -2.38. The Balaban J connectivity index is 0.00000300. The molecule has 1 aliphatic rings. The molecule has 0 radical (unpaired) electrons. The van der Waals surface area contributed by atoms with Gasteiger partial charge in [0.05, 0.1) is 0 Å². The molecule has 1 aliphatic heterocycles. The monoisotopic (exact) mass is 510 g/mol. The van der Waals surface area contributed by atoms with Crippen LogP contribution in [0.3, 0.4) is 0 Å². The minimum absolute atomic E-state index is 0. The van der Waals surface area contributed by atoms with Gasteiger partial charge in [0.1, 0.15) is 0 Å². The second-order valence-corrected chi connectivity index (χ2v) is 7.46. The molecular weight excluding hydrogens is 475 g/mol. The standard InChI is InChI=1S/C22H34N6.HI/c1-2-23-22(24-12-6-14-28-15-7-13-26-28)25-18-21-11-17-27(19-21)16-10-20-8-4-3-5-9-20;/h3-5,7-9,13,15,21H,2,6,10-12,14,16-19H2,1H3,(H2,23,24,25);1H. The Morgan fingerprint density at radius 2 is 2.03 bits per heavy atom. The predicted octanol–water partition coefficient (Wildman–Crippen LogP) is 3.01. The first-order valence-corrected chi connectivity index (χ1v) is 10.6. The maximum atomic E-state index is 4.83. The molecule has 1 atom stereocenters. The number of guanidine groups is 1. The fourth-order valence-electron chi connectivity index (χ4n) is 3.64. The average molecular weight is 510 g/mol. The molecular formula is C22H35IN6. The first-order chi connectivity index (χ1) is 13.8. The Morgan fingerprint density at radius 3 is 2.79 bits per heavy atom. The molecule has 0 bridgehead atoms. The van der Waals surface area contributed by atoms with Crippen molar-refractivity contribution in [2.45, 2.75) is 32.7 Å². The maximum Gasteiger partial charge on any atom is 0.191 e. The van der Waals surface area contributed by atoms with Crippen LogP contribution in [0.1, 0.15) is 25.3 Å². The van der Waals surface area contributed by atoms with E-state index < -0.39 is 0 Å². The van der Waals surface area contributed by atoms with Crippen LogP contribution in [0.5, 0.6) is 0 Å². The number of hydrogen-bond acceptors (Lipinski definition) is 3. The third kappa shape index (κ3) is 8.74. The highest BCUT2D eigenvalue weighted by Gasteiger charge is 2.21. The number of hydrogen-bond donors (Lipinski definition) is 2. The molecule has 0 spiro atoms. The zero-order chi connectivity index (χ0) is 19.4. The van der Waals surface area contributed by atoms with Gasteiger partial charge in [-0.15, -0.1) is 24.0 Å². The second-order valence-electron chi connectivity index (χ2n) is 7.46.